The lowest BCUT2D eigenvalue weighted by atomic mass is 10.1. The maximum Gasteiger partial charge on any atom is 0.283 e. The predicted molar refractivity (Wildman–Crippen MR) is 90.7 cm³/mol. The van der Waals surface area contributed by atoms with Crippen LogP contribution >= 0.6 is 0 Å². The van der Waals surface area contributed by atoms with Crippen LogP contribution in [0.3, 0.4) is 0 Å². The molecule has 0 aromatic rings. The fraction of sp³-hybridized carbons (Fsp3) is 0.556. The van der Waals surface area contributed by atoms with E-state index in [4.69, 9.17) is 0 Å². The summed E-state index contributed by atoms with van der Waals surface area (Å²) in [6.45, 7) is 11.9. The van der Waals surface area contributed by atoms with Gasteiger partial charge in [-0.25, -0.2) is 8.78 Å². The minimum atomic E-state index is -1.98. The van der Waals surface area contributed by atoms with Gasteiger partial charge in [0.05, 0.1) is 0 Å². The Balaban J connectivity index is 2.85. The van der Waals surface area contributed by atoms with Gasteiger partial charge in [-0.3, -0.25) is 9.59 Å². The van der Waals surface area contributed by atoms with Crippen molar-refractivity contribution in [1.29, 1.82) is 0 Å². The van der Waals surface area contributed by atoms with Crippen LogP contribution in [0, 0.1) is 0 Å². The van der Waals surface area contributed by atoms with Gasteiger partial charge >= 0.3 is 0 Å². The molecular weight excluding hydrogens is 314 g/mol. The van der Waals surface area contributed by atoms with E-state index in [-0.39, 0.29) is 19.6 Å². The van der Waals surface area contributed by atoms with Crippen molar-refractivity contribution < 1.29 is 18.4 Å². The number of amides is 2. The molecule has 0 spiro atoms. The monoisotopic (exact) mass is 340 g/mol. The number of halogens is 2. The van der Waals surface area contributed by atoms with Crippen molar-refractivity contribution in [2.45, 2.75) is 45.8 Å². The molecule has 0 fully saturated rings. The van der Waals surface area contributed by atoms with Crippen molar-refractivity contribution in [3.05, 3.63) is 36.2 Å². The first-order chi connectivity index (χ1) is 10.9. The third-order valence-electron chi connectivity index (χ3n) is 3.63. The Morgan fingerprint density at radius 2 is 1.92 bits per heavy atom. The van der Waals surface area contributed by atoms with E-state index in [2.05, 4.69) is 6.58 Å². The highest BCUT2D eigenvalue weighted by atomic mass is 19.1. The zero-order valence-corrected chi connectivity index (χ0v) is 15.0. The van der Waals surface area contributed by atoms with Crippen LogP contribution < -0.4 is 0 Å². The molecule has 1 heterocycles. The average Bonchev–Trinajstić information content (AvgIpc) is 2.89. The van der Waals surface area contributed by atoms with Crippen LogP contribution in [0.1, 0.15) is 34.6 Å². The topological polar surface area (TPSA) is 40.6 Å². The molecule has 0 N–H and O–H groups in total. The standard InChI is InChI=1S/C18H26F2N2O2/c1-7-9-22(17(2,3)4)15(23)14(19)11-13-8-10-21(12-13)16(24)18(5,6)20/h7-8,11H,1,9-10,12H2,2-6H3/b14-11-. The highest BCUT2D eigenvalue weighted by Gasteiger charge is 2.33. The molecule has 1 aliphatic rings. The van der Waals surface area contributed by atoms with Crippen LogP contribution in [-0.2, 0) is 9.59 Å². The van der Waals surface area contributed by atoms with Crippen molar-refractivity contribution in [2.24, 2.45) is 0 Å². The minimum Gasteiger partial charge on any atom is -0.332 e. The van der Waals surface area contributed by atoms with Gasteiger partial charge in [0.2, 0.25) is 0 Å². The molecule has 134 valence electrons. The molecule has 6 heteroatoms. The second kappa shape index (κ2) is 7.28. The molecule has 0 saturated carbocycles. The second-order valence-electron chi connectivity index (χ2n) is 7.30. The Hall–Kier alpha value is -1.98. The molecular formula is C18H26F2N2O2. The van der Waals surface area contributed by atoms with Crippen LogP contribution in [0.2, 0.25) is 0 Å². The molecule has 1 rings (SSSR count). The maximum atomic E-state index is 14.3. The minimum absolute atomic E-state index is 0.0872. The summed E-state index contributed by atoms with van der Waals surface area (Å²) >= 11 is 0. The lowest BCUT2D eigenvalue weighted by Crippen LogP contribution is -2.46. The molecule has 2 amide bonds. The Morgan fingerprint density at radius 3 is 2.38 bits per heavy atom. The van der Waals surface area contributed by atoms with Gasteiger partial charge in [0, 0.05) is 25.2 Å². The lowest BCUT2D eigenvalue weighted by Gasteiger charge is -2.34. The average molecular weight is 340 g/mol. The summed E-state index contributed by atoms with van der Waals surface area (Å²) in [5.74, 6) is -2.30. The van der Waals surface area contributed by atoms with Crippen molar-refractivity contribution in [2.75, 3.05) is 19.6 Å². The van der Waals surface area contributed by atoms with E-state index in [9.17, 15) is 18.4 Å². The van der Waals surface area contributed by atoms with E-state index in [0.717, 1.165) is 6.08 Å². The van der Waals surface area contributed by atoms with Gasteiger partial charge in [0.1, 0.15) is 0 Å². The molecule has 0 saturated heterocycles. The molecule has 0 aromatic heterocycles. The quantitative estimate of drug-likeness (QED) is 0.570. The third kappa shape index (κ3) is 5.01. The van der Waals surface area contributed by atoms with E-state index in [1.807, 2.05) is 0 Å². The van der Waals surface area contributed by atoms with Gasteiger partial charge in [0.25, 0.3) is 11.8 Å². The summed E-state index contributed by atoms with van der Waals surface area (Å²) in [6, 6.07) is 0. The van der Waals surface area contributed by atoms with Crippen molar-refractivity contribution in [3.8, 4) is 0 Å². The summed E-state index contributed by atoms with van der Waals surface area (Å²) < 4.78 is 28.0. The van der Waals surface area contributed by atoms with Gasteiger partial charge in [0.15, 0.2) is 11.5 Å². The molecule has 0 bridgehead atoms. The first-order valence-corrected chi connectivity index (χ1v) is 7.85. The third-order valence-corrected chi connectivity index (χ3v) is 3.63. The highest BCUT2D eigenvalue weighted by Crippen LogP contribution is 2.22. The largest absolute Gasteiger partial charge is 0.332 e. The van der Waals surface area contributed by atoms with Crippen LogP contribution in [-0.4, -0.2) is 52.5 Å². The molecule has 0 unspecified atom stereocenters. The molecule has 0 radical (unpaired) electrons. The van der Waals surface area contributed by atoms with Crippen molar-refractivity contribution in [1.82, 2.24) is 9.80 Å². The SMILES string of the molecule is C=CCN(C(=O)/C(F)=C/C1=CCN(C(=O)C(C)(C)F)C1)C(C)(C)C. The van der Waals surface area contributed by atoms with E-state index >= 15 is 0 Å². The Kier molecular flexibility index (Phi) is 6.09. The zero-order valence-electron chi connectivity index (χ0n) is 15.0. The first kappa shape index (κ1) is 20.1. The zero-order chi connectivity index (χ0) is 18.7. The number of carbonyl (C=O) groups excluding carboxylic acids is 2. The smallest absolute Gasteiger partial charge is 0.283 e. The van der Waals surface area contributed by atoms with Crippen molar-refractivity contribution >= 4 is 11.8 Å². The van der Waals surface area contributed by atoms with Gasteiger partial charge in [-0.1, -0.05) is 12.2 Å². The summed E-state index contributed by atoms with van der Waals surface area (Å²) in [5, 5.41) is 0. The fourth-order valence-corrected chi connectivity index (χ4v) is 2.36. The molecule has 4 nitrogen and oxygen atoms in total. The first-order valence-electron chi connectivity index (χ1n) is 7.85. The Bertz CT molecular complexity index is 581. The van der Waals surface area contributed by atoms with Gasteiger partial charge < -0.3 is 9.80 Å². The molecule has 0 aliphatic carbocycles. The Morgan fingerprint density at radius 1 is 1.33 bits per heavy atom. The number of rotatable bonds is 5. The number of carbonyl (C=O) groups is 2. The summed E-state index contributed by atoms with van der Waals surface area (Å²) in [6.07, 6.45) is 4.27. The van der Waals surface area contributed by atoms with Crippen molar-refractivity contribution in [3.63, 3.8) is 0 Å². The fourth-order valence-electron chi connectivity index (χ4n) is 2.36. The number of nitrogens with zero attached hydrogens (tertiary/aromatic N) is 2. The number of hydrogen-bond donors (Lipinski definition) is 0. The number of alkyl halides is 1. The number of hydrogen-bond acceptors (Lipinski definition) is 2. The Labute approximate surface area is 142 Å². The molecule has 0 atom stereocenters. The van der Waals surface area contributed by atoms with Crippen LogP contribution in [0.4, 0.5) is 8.78 Å². The van der Waals surface area contributed by atoms with Crippen LogP contribution in [0.25, 0.3) is 0 Å². The van der Waals surface area contributed by atoms with E-state index < -0.39 is 28.8 Å². The second-order valence-corrected chi connectivity index (χ2v) is 7.30. The van der Waals surface area contributed by atoms with Gasteiger partial charge in [-0.05, 0) is 46.3 Å². The molecule has 24 heavy (non-hydrogen) atoms. The van der Waals surface area contributed by atoms with Crippen LogP contribution in [0.5, 0.6) is 0 Å². The van der Waals surface area contributed by atoms with E-state index in [1.165, 1.54) is 29.7 Å². The maximum absolute atomic E-state index is 14.3. The highest BCUT2D eigenvalue weighted by molar-refractivity contribution is 5.92. The molecule has 1 aliphatic heterocycles. The van der Waals surface area contributed by atoms with E-state index in [1.54, 1.807) is 26.8 Å². The summed E-state index contributed by atoms with van der Waals surface area (Å²) in [7, 11) is 0. The summed E-state index contributed by atoms with van der Waals surface area (Å²) in [4.78, 5) is 26.8. The van der Waals surface area contributed by atoms with Gasteiger partial charge in [-0.15, -0.1) is 6.58 Å². The van der Waals surface area contributed by atoms with Crippen LogP contribution in [0.15, 0.2) is 36.2 Å². The normalized spacial score (nSPS) is 16.0. The van der Waals surface area contributed by atoms with E-state index in [0.29, 0.717) is 5.57 Å². The predicted octanol–water partition coefficient (Wildman–Crippen LogP) is 3.17. The lowest BCUT2D eigenvalue weighted by molar-refractivity contribution is -0.140. The van der Waals surface area contributed by atoms with Gasteiger partial charge in [-0.2, -0.15) is 0 Å². The summed E-state index contributed by atoms with van der Waals surface area (Å²) in [5.41, 5.74) is -2.05. The molecule has 0 aromatic carbocycles.